The molecule has 20 heavy (non-hydrogen) atoms. The summed E-state index contributed by atoms with van der Waals surface area (Å²) in [4.78, 5) is 2.16. The van der Waals surface area contributed by atoms with E-state index in [1.54, 1.807) is 6.07 Å². The average molecular weight is 278 g/mol. The summed E-state index contributed by atoms with van der Waals surface area (Å²) >= 11 is 0. The van der Waals surface area contributed by atoms with Gasteiger partial charge in [-0.15, -0.1) is 0 Å². The molecule has 0 aromatic heterocycles. The molecule has 0 aliphatic heterocycles. The van der Waals surface area contributed by atoms with Crippen molar-refractivity contribution in [1.82, 2.24) is 5.32 Å². The summed E-state index contributed by atoms with van der Waals surface area (Å²) in [6, 6.07) is 5.64. The number of nitrogens with zero attached hydrogens (tertiary/aromatic N) is 1. The second kappa shape index (κ2) is 6.13. The number of nitrogens with one attached hydrogen (secondary N) is 1. The molecule has 0 bridgehead atoms. The van der Waals surface area contributed by atoms with Gasteiger partial charge < -0.3 is 10.2 Å². The molecule has 1 fully saturated rings. The Morgan fingerprint density at radius 1 is 1.30 bits per heavy atom. The van der Waals surface area contributed by atoms with Gasteiger partial charge in [-0.25, -0.2) is 4.39 Å². The molecule has 0 saturated heterocycles. The van der Waals surface area contributed by atoms with Crippen LogP contribution in [0.1, 0.15) is 46.1 Å². The standard InChI is InChI=1S/C17H27FN2/c1-5-20(12-13-6-7-13)16-9-8-14(10-15(16)18)11-19-17(2,3)4/h8-10,13,19H,5-7,11-12H2,1-4H3. The van der Waals surface area contributed by atoms with Crippen molar-refractivity contribution in [2.75, 3.05) is 18.0 Å². The van der Waals surface area contributed by atoms with Gasteiger partial charge in [-0.3, -0.25) is 0 Å². The summed E-state index contributed by atoms with van der Waals surface area (Å²) in [5.74, 6) is 0.678. The lowest BCUT2D eigenvalue weighted by molar-refractivity contribution is 0.423. The molecule has 0 radical (unpaired) electrons. The van der Waals surface area contributed by atoms with Gasteiger partial charge in [-0.2, -0.15) is 0 Å². The maximum absolute atomic E-state index is 14.3. The van der Waals surface area contributed by atoms with E-state index in [1.165, 1.54) is 12.8 Å². The predicted molar refractivity (Wildman–Crippen MR) is 83.6 cm³/mol. The van der Waals surface area contributed by atoms with Gasteiger partial charge in [0.2, 0.25) is 0 Å². The third kappa shape index (κ3) is 4.48. The zero-order valence-corrected chi connectivity index (χ0v) is 13.2. The van der Waals surface area contributed by atoms with Crippen molar-refractivity contribution in [2.45, 2.75) is 52.6 Å². The molecule has 3 heteroatoms. The fourth-order valence-corrected chi connectivity index (χ4v) is 2.29. The van der Waals surface area contributed by atoms with E-state index in [4.69, 9.17) is 0 Å². The summed E-state index contributed by atoms with van der Waals surface area (Å²) in [6.07, 6.45) is 2.59. The SMILES string of the molecule is CCN(CC1CC1)c1ccc(CNC(C)(C)C)cc1F. The quantitative estimate of drug-likeness (QED) is 0.847. The van der Waals surface area contributed by atoms with E-state index < -0.39 is 0 Å². The third-order valence-electron chi connectivity index (χ3n) is 3.73. The number of rotatable bonds is 6. The van der Waals surface area contributed by atoms with Crippen LogP contribution in [0.2, 0.25) is 0 Å². The molecule has 1 N–H and O–H groups in total. The summed E-state index contributed by atoms with van der Waals surface area (Å²) in [5, 5.41) is 3.39. The average Bonchev–Trinajstić information content (AvgIpc) is 3.17. The van der Waals surface area contributed by atoms with Crippen LogP contribution in [0, 0.1) is 11.7 Å². The van der Waals surface area contributed by atoms with Crippen LogP contribution in [-0.4, -0.2) is 18.6 Å². The normalized spacial score (nSPS) is 15.4. The van der Waals surface area contributed by atoms with Crippen LogP contribution in [-0.2, 0) is 6.54 Å². The highest BCUT2D eigenvalue weighted by molar-refractivity contribution is 5.49. The number of halogens is 1. The zero-order chi connectivity index (χ0) is 14.8. The predicted octanol–water partition coefficient (Wildman–Crippen LogP) is 3.95. The fourth-order valence-electron chi connectivity index (χ4n) is 2.29. The molecular weight excluding hydrogens is 251 g/mol. The second-order valence-corrected chi connectivity index (χ2v) is 6.87. The number of anilines is 1. The second-order valence-electron chi connectivity index (χ2n) is 6.87. The minimum atomic E-state index is -0.0966. The van der Waals surface area contributed by atoms with Crippen LogP contribution >= 0.6 is 0 Å². The van der Waals surface area contributed by atoms with Crippen LogP contribution in [0.3, 0.4) is 0 Å². The Kier molecular flexibility index (Phi) is 4.69. The highest BCUT2D eigenvalue weighted by Gasteiger charge is 2.25. The first-order valence-corrected chi connectivity index (χ1v) is 7.67. The fraction of sp³-hybridized carbons (Fsp3) is 0.647. The first-order chi connectivity index (χ1) is 9.39. The summed E-state index contributed by atoms with van der Waals surface area (Å²) in [5.41, 5.74) is 1.80. The van der Waals surface area contributed by atoms with Crippen molar-refractivity contribution in [3.63, 3.8) is 0 Å². The Bertz CT molecular complexity index is 447. The summed E-state index contributed by atoms with van der Waals surface area (Å²) < 4.78 is 14.3. The molecule has 0 amide bonds. The van der Waals surface area contributed by atoms with Crippen molar-refractivity contribution in [3.05, 3.63) is 29.6 Å². The minimum absolute atomic E-state index is 0.0522. The highest BCUT2D eigenvalue weighted by Crippen LogP contribution is 2.32. The Labute approximate surface area is 122 Å². The summed E-state index contributed by atoms with van der Waals surface area (Å²) in [7, 11) is 0. The molecular formula is C17H27FN2. The Morgan fingerprint density at radius 2 is 2.00 bits per heavy atom. The molecule has 2 nitrogen and oxygen atoms in total. The number of benzene rings is 1. The molecule has 0 heterocycles. The van der Waals surface area contributed by atoms with E-state index in [0.717, 1.165) is 30.3 Å². The third-order valence-corrected chi connectivity index (χ3v) is 3.73. The molecule has 1 aromatic carbocycles. The molecule has 1 aliphatic rings. The van der Waals surface area contributed by atoms with Gasteiger partial charge in [-0.05, 0) is 64.2 Å². The van der Waals surface area contributed by atoms with Gasteiger partial charge in [0.25, 0.3) is 0 Å². The van der Waals surface area contributed by atoms with Gasteiger partial charge in [-0.1, -0.05) is 6.07 Å². The van der Waals surface area contributed by atoms with Crippen LogP contribution < -0.4 is 10.2 Å². The highest BCUT2D eigenvalue weighted by atomic mass is 19.1. The van der Waals surface area contributed by atoms with Crippen LogP contribution in [0.25, 0.3) is 0 Å². The maximum atomic E-state index is 14.3. The molecule has 1 saturated carbocycles. The van der Waals surface area contributed by atoms with Crippen LogP contribution in [0.15, 0.2) is 18.2 Å². The van der Waals surface area contributed by atoms with Crippen molar-refractivity contribution in [2.24, 2.45) is 5.92 Å². The Morgan fingerprint density at radius 3 is 2.50 bits per heavy atom. The van der Waals surface area contributed by atoms with E-state index in [2.05, 4.69) is 37.9 Å². The van der Waals surface area contributed by atoms with Crippen molar-refractivity contribution >= 4 is 5.69 Å². The van der Waals surface area contributed by atoms with Crippen molar-refractivity contribution in [3.8, 4) is 0 Å². The first-order valence-electron chi connectivity index (χ1n) is 7.67. The van der Waals surface area contributed by atoms with Gasteiger partial charge in [0, 0.05) is 25.2 Å². The van der Waals surface area contributed by atoms with E-state index in [0.29, 0.717) is 6.54 Å². The largest absolute Gasteiger partial charge is 0.369 e. The molecule has 0 unspecified atom stereocenters. The monoisotopic (exact) mass is 278 g/mol. The minimum Gasteiger partial charge on any atom is -0.369 e. The van der Waals surface area contributed by atoms with Crippen molar-refractivity contribution < 1.29 is 4.39 Å². The molecule has 2 rings (SSSR count). The lowest BCUT2D eigenvalue weighted by Crippen LogP contribution is -2.35. The smallest absolute Gasteiger partial charge is 0.146 e. The van der Waals surface area contributed by atoms with Gasteiger partial charge >= 0.3 is 0 Å². The lowest BCUT2D eigenvalue weighted by atomic mass is 10.1. The van der Waals surface area contributed by atoms with Crippen LogP contribution in [0.4, 0.5) is 10.1 Å². The van der Waals surface area contributed by atoms with E-state index in [9.17, 15) is 4.39 Å². The lowest BCUT2D eigenvalue weighted by Gasteiger charge is -2.24. The molecule has 0 spiro atoms. The van der Waals surface area contributed by atoms with E-state index in [-0.39, 0.29) is 11.4 Å². The van der Waals surface area contributed by atoms with E-state index >= 15 is 0 Å². The molecule has 1 aliphatic carbocycles. The van der Waals surface area contributed by atoms with E-state index in [1.807, 2.05) is 12.1 Å². The number of hydrogen-bond acceptors (Lipinski definition) is 2. The summed E-state index contributed by atoms with van der Waals surface area (Å²) in [6.45, 7) is 11.0. The Balaban J connectivity index is 2.04. The maximum Gasteiger partial charge on any atom is 0.146 e. The Hall–Kier alpha value is -1.09. The molecule has 1 aromatic rings. The first kappa shape index (κ1) is 15.3. The van der Waals surface area contributed by atoms with Crippen LogP contribution in [0.5, 0.6) is 0 Å². The topological polar surface area (TPSA) is 15.3 Å². The van der Waals surface area contributed by atoms with Crippen molar-refractivity contribution in [1.29, 1.82) is 0 Å². The molecule has 112 valence electrons. The van der Waals surface area contributed by atoms with Gasteiger partial charge in [0.15, 0.2) is 0 Å². The number of hydrogen-bond donors (Lipinski definition) is 1. The zero-order valence-electron chi connectivity index (χ0n) is 13.2. The molecule has 0 atom stereocenters. The van der Waals surface area contributed by atoms with Gasteiger partial charge in [0.1, 0.15) is 5.82 Å². The van der Waals surface area contributed by atoms with Gasteiger partial charge in [0.05, 0.1) is 5.69 Å².